The van der Waals surface area contributed by atoms with Crippen molar-refractivity contribution in [2.24, 2.45) is 0 Å². The van der Waals surface area contributed by atoms with Crippen molar-refractivity contribution < 1.29 is 9.90 Å². The summed E-state index contributed by atoms with van der Waals surface area (Å²) in [5.74, 6) is -0.148. The van der Waals surface area contributed by atoms with Gasteiger partial charge in [0.25, 0.3) is 5.91 Å². The monoisotopic (exact) mass is 302 g/mol. The highest BCUT2D eigenvalue weighted by atomic mass is 79.9. The molecular formula is C12H19BrN2O2. The Hall–Kier alpha value is -0.810. The molecule has 0 unspecified atom stereocenters. The van der Waals surface area contributed by atoms with Crippen LogP contribution in [0.15, 0.2) is 16.7 Å². The SMILES string of the molecule is CC[C@H](CO)NC(=O)c1cc(Br)cn1C(C)C. The van der Waals surface area contributed by atoms with Gasteiger partial charge in [-0.15, -0.1) is 0 Å². The molecule has 5 heteroatoms. The zero-order valence-electron chi connectivity index (χ0n) is 10.4. The number of aliphatic hydroxyl groups excluding tert-OH is 1. The molecule has 96 valence electrons. The van der Waals surface area contributed by atoms with E-state index in [9.17, 15) is 4.79 Å². The number of aromatic nitrogens is 1. The number of aliphatic hydroxyl groups is 1. The molecule has 0 bridgehead atoms. The van der Waals surface area contributed by atoms with Crippen LogP contribution >= 0.6 is 15.9 Å². The quantitative estimate of drug-likeness (QED) is 0.877. The van der Waals surface area contributed by atoms with Gasteiger partial charge in [-0.1, -0.05) is 6.92 Å². The van der Waals surface area contributed by atoms with Crippen LogP contribution in [0.2, 0.25) is 0 Å². The normalized spacial score (nSPS) is 12.8. The molecule has 0 saturated heterocycles. The Bertz CT molecular complexity index is 384. The van der Waals surface area contributed by atoms with E-state index >= 15 is 0 Å². The van der Waals surface area contributed by atoms with E-state index in [2.05, 4.69) is 21.2 Å². The summed E-state index contributed by atoms with van der Waals surface area (Å²) in [6.45, 7) is 5.93. The van der Waals surface area contributed by atoms with E-state index in [1.54, 1.807) is 6.07 Å². The van der Waals surface area contributed by atoms with E-state index in [0.29, 0.717) is 12.1 Å². The molecule has 0 aliphatic carbocycles. The molecule has 1 rings (SSSR count). The molecule has 0 spiro atoms. The van der Waals surface area contributed by atoms with Gasteiger partial charge in [0, 0.05) is 16.7 Å². The number of amides is 1. The van der Waals surface area contributed by atoms with Crippen molar-refractivity contribution in [2.45, 2.75) is 39.3 Å². The first kappa shape index (κ1) is 14.3. The van der Waals surface area contributed by atoms with Crippen LogP contribution in [0.25, 0.3) is 0 Å². The standard InChI is InChI=1S/C12H19BrN2O2/c1-4-10(7-16)14-12(17)11-5-9(13)6-15(11)8(2)3/h5-6,8,10,16H,4,7H2,1-3H3,(H,14,17)/t10-/m1/s1. The third kappa shape index (κ3) is 3.57. The minimum atomic E-state index is -0.184. The highest BCUT2D eigenvalue weighted by Gasteiger charge is 2.17. The smallest absolute Gasteiger partial charge is 0.268 e. The van der Waals surface area contributed by atoms with Gasteiger partial charge in [-0.3, -0.25) is 4.79 Å². The molecule has 1 aromatic heterocycles. The number of carbonyl (C=O) groups excluding carboxylic acids is 1. The molecule has 0 radical (unpaired) electrons. The highest BCUT2D eigenvalue weighted by molar-refractivity contribution is 9.10. The van der Waals surface area contributed by atoms with E-state index in [0.717, 1.165) is 4.47 Å². The van der Waals surface area contributed by atoms with Crippen LogP contribution in [0.5, 0.6) is 0 Å². The van der Waals surface area contributed by atoms with Crippen LogP contribution in [-0.2, 0) is 0 Å². The number of nitrogens with zero attached hydrogens (tertiary/aromatic N) is 1. The molecule has 0 aliphatic heterocycles. The van der Waals surface area contributed by atoms with E-state index in [4.69, 9.17) is 5.11 Å². The van der Waals surface area contributed by atoms with E-state index in [1.807, 2.05) is 31.5 Å². The van der Waals surface area contributed by atoms with Crippen molar-refractivity contribution in [3.05, 3.63) is 22.4 Å². The van der Waals surface area contributed by atoms with Gasteiger partial charge in [0.05, 0.1) is 12.6 Å². The fourth-order valence-electron chi connectivity index (χ4n) is 1.59. The number of hydrogen-bond donors (Lipinski definition) is 2. The van der Waals surface area contributed by atoms with Gasteiger partial charge in [0.1, 0.15) is 5.69 Å². The van der Waals surface area contributed by atoms with Crippen LogP contribution in [0, 0.1) is 0 Å². The molecule has 1 aromatic rings. The molecule has 0 fully saturated rings. The minimum Gasteiger partial charge on any atom is -0.394 e. The molecule has 1 heterocycles. The van der Waals surface area contributed by atoms with Gasteiger partial charge < -0.3 is 15.0 Å². The molecule has 1 atom stereocenters. The molecule has 17 heavy (non-hydrogen) atoms. The second kappa shape index (κ2) is 6.21. The average Bonchev–Trinajstić information content (AvgIpc) is 2.68. The van der Waals surface area contributed by atoms with Crippen molar-refractivity contribution in [1.82, 2.24) is 9.88 Å². The lowest BCUT2D eigenvalue weighted by atomic mass is 10.2. The Morgan fingerprint density at radius 3 is 2.71 bits per heavy atom. The maximum absolute atomic E-state index is 12.0. The van der Waals surface area contributed by atoms with Crippen LogP contribution in [0.1, 0.15) is 43.7 Å². The Labute approximate surface area is 110 Å². The maximum atomic E-state index is 12.0. The summed E-state index contributed by atoms with van der Waals surface area (Å²) in [6, 6.07) is 1.83. The van der Waals surface area contributed by atoms with Gasteiger partial charge in [-0.05, 0) is 42.3 Å². The van der Waals surface area contributed by atoms with E-state index in [1.165, 1.54) is 0 Å². The van der Waals surface area contributed by atoms with Crippen LogP contribution in [0.4, 0.5) is 0 Å². The second-order valence-corrected chi connectivity index (χ2v) is 5.22. The fraction of sp³-hybridized carbons (Fsp3) is 0.583. The summed E-state index contributed by atoms with van der Waals surface area (Å²) in [5, 5.41) is 11.9. The van der Waals surface area contributed by atoms with Gasteiger partial charge in [-0.2, -0.15) is 0 Å². The summed E-state index contributed by atoms with van der Waals surface area (Å²) in [4.78, 5) is 12.0. The number of hydrogen-bond acceptors (Lipinski definition) is 2. The zero-order chi connectivity index (χ0) is 13.0. The lowest BCUT2D eigenvalue weighted by Gasteiger charge is -2.16. The van der Waals surface area contributed by atoms with Crippen LogP contribution in [0.3, 0.4) is 0 Å². The van der Waals surface area contributed by atoms with E-state index < -0.39 is 0 Å². The minimum absolute atomic E-state index is 0.0359. The zero-order valence-corrected chi connectivity index (χ0v) is 12.0. The first-order valence-electron chi connectivity index (χ1n) is 5.78. The predicted octanol–water partition coefficient (Wildman–Crippen LogP) is 2.33. The number of nitrogens with one attached hydrogen (secondary N) is 1. The molecule has 0 saturated carbocycles. The average molecular weight is 303 g/mol. The molecule has 1 amide bonds. The maximum Gasteiger partial charge on any atom is 0.268 e. The summed E-state index contributed by atoms with van der Waals surface area (Å²) in [5.41, 5.74) is 0.610. The third-order valence-electron chi connectivity index (χ3n) is 2.65. The lowest BCUT2D eigenvalue weighted by Crippen LogP contribution is -2.38. The summed E-state index contributed by atoms with van der Waals surface area (Å²) in [7, 11) is 0. The van der Waals surface area contributed by atoms with Crippen molar-refractivity contribution in [3.63, 3.8) is 0 Å². The van der Waals surface area contributed by atoms with Gasteiger partial charge in [0.2, 0.25) is 0 Å². The molecular weight excluding hydrogens is 284 g/mol. The lowest BCUT2D eigenvalue weighted by molar-refractivity contribution is 0.0904. The Morgan fingerprint density at radius 2 is 2.24 bits per heavy atom. The Balaban J connectivity index is 2.88. The van der Waals surface area contributed by atoms with Gasteiger partial charge in [0.15, 0.2) is 0 Å². The highest BCUT2D eigenvalue weighted by Crippen LogP contribution is 2.19. The summed E-state index contributed by atoms with van der Waals surface area (Å²) < 4.78 is 2.79. The predicted molar refractivity (Wildman–Crippen MR) is 71.1 cm³/mol. The second-order valence-electron chi connectivity index (χ2n) is 4.31. The topological polar surface area (TPSA) is 54.3 Å². The molecule has 0 aliphatic rings. The molecule has 4 nitrogen and oxygen atoms in total. The van der Waals surface area contributed by atoms with Crippen molar-refractivity contribution in [3.8, 4) is 0 Å². The van der Waals surface area contributed by atoms with Gasteiger partial charge in [-0.25, -0.2) is 0 Å². The van der Waals surface area contributed by atoms with Crippen molar-refractivity contribution in [1.29, 1.82) is 0 Å². The van der Waals surface area contributed by atoms with Gasteiger partial charge >= 0.3 is 0 Å². The Morgan fingerprint density at radius 1 is 1.59 bits per heavy atom. The summed E-state index contributed by atoms with van der Waals surface area (Å²) in [6.07, 6.45) is 2.60. The fourth-order valence-corrected chi connectivity index (χ4v) is 2.03. The van der Waals surface area contributed by atoms with Crippen molar-refractivity contribution in [2.75, 3.05) is 6.61 Å². The third-order valence-corrected chi connectivity index (χ3v) is 3.09. The van der Waals surface area contributed by atoms with E-state index in [-0.39, 0.29) is 24.6 Å². The molecule has 0 aromatic carbocycles. The van der Waals surface area contributed by atoms with Crippen LogP contribution < -0.4 is 5.32 Å². The summed E-state index contributed by atoms with van der Waals surface area (Å²) >= 11 is 3.37. The first-order chi connectivity index (χ1) is 7.99. The number of rotatable bonds is 5. The van der Waals surface area contributed by atoms with Crippen LogP contribution in [-0.4, -0.2) is 28.2 Å². The Kier molecular flexibility index (Phi) is 5.21. The number of halogens is 1. The largest absolute Gasteiger partial charge is 0.394 e. The number of carbonyl (C=O) groups is 1. The first-order valence-corrected chi connectivity index (χ1v) is 6.58. The van der Waals surface area contributed by atoms with Crippen molar-refractivity contribution >= 4 is 21.8 Å². The molecule has 2 N–H and O–H groups in total.